The van der Waals surface area contributed by atoms with Crippen LogP contribution in [-0.4, -0.2) is 4.21 Å². The van der Waals surface area contributed by atoms with E-state index >= 15 is 0 Å². The van der Waals surface area contributed by atoms with Crippen LogP contribution in [0.2, 0.25) is 0 Å². The summed E-state index contributed by atoms with van der Waals surface area (Å²) in [6.45, 7) is 0. The maximum atomic E-state index is 13.3. The highest BCUT2D eigenvalue weighted by Crippen LogP contribution is 2.44. The van der Waals surface area contributed by atoms with E-state index in [0.717, 1.165) is 19.6 Å². The van der Waals surface area contributed by atoms with Crippen LogP contribution < -0.4 is 0 Å². The molecule has 7 heteroatoms. The second-order valence-electron chi connectivity index (χ2n) is 5.65. The van der Waals surface area contributed by atoms with Crippen molar-refractivity contribution in [2.24, 2.45) is 0 Å². The van der Waals surface area contributed by atoms with Crippen molar-refractivity contribution >= 4 is 77.7 Å². The van der Waals surface area contributed by atoms with Gasteiger partial charge in [0.2, 0.25) is 0 Å². The number of thioether (sulfide) groups is 1. The minimum absolute atomic E-state index is 0.913. The highest BCUT2D eigenvalue weighted by atomic mass is 32.2. The largest absolute Gasteiger partial charge is 0.249 e. The molecule has 0 saturated heterocycles. The lowest BCUT2D eigenvalue weighted by Crippen LogP contribution is -1.97. The number of hydrogen-bond acceptors (Lipinski definition) is 6. The van der Waals surface area contributed by atoms with Crippen molar-refractivity contribution in [2.45, 2.75) is 0 Å². The van der Waals surface area contributed by atoms with Crippen molar-refractivity contribution in [3.8, 4) is 19.5 Å². The first kappa shape index (κ1) is 17.8. The van der Waals surface area contributed by atoms with Crippen LogP contribution in [-0.2, 0) is 10.8 Å². The molecule has 0 aromatic carbocycles. The van der Waals surface area contributed by atoms with Gasteiger partial charge in [0.1, 0.15) is 0 Å². The molecule has 0 spiro atoms. The maximum Gasteiger partial charge on any atom is 0.0889 e. The topological polar surface area (TPSA) is 17.1 Å². The summed E-state index contributed by atoms with van der Waals surface area (Å²) >= 11 is 8.52. The van der Waals surface area contributed by atoms with Gasteiger partial charge in [-0.1, -0.05) is 12.1 Å². The predicted octanol–water partition coefficient (Wildman–Crippen LogP) is 8.06. The molecule has 0 fully saturated rings. The van der Waals surface area contributed by atoms with Gasteiger partial charge in [-0.15, -0.1) is 57.1 Å². The van der Waals surface area contributed by atoms with Crippen LogP contribution in [0.1, 0.15) is 9.75 Å². The fourth-order valence-corrected chi connectivity index (χ4v) is 9.40. The Morgan fingerprint density at radius 2 is 1.07 bits per heavy atom. The Morgan fingerprint density at radius 3 is 1.52 bits per heavy atom. The van der Waals surface area contributed by atoms with Gasteiger partial charge in [0.05, 0.1) is 20.6 Å². The average Bonchev–Trinajstić information content (AvgIpc) is 3.49. The highest BCUT2D eigenvalue weighted by molar-refractivity contribution is 8.12. The summed E-state index contributed by atoms with van der Waals surface area (Å²) in [7, 11) is -1.16. The maximum absolute atomic E-state index is 13.3. The lowest BCUT2D eigenvalue weighted by molar-refractivity contribution is 0.694. The van der Waals surface area contributed by atoms with Crippen molar-refractivity contribution in [3.05, 3.63) is 79.9 Å². The van der Waals surface area contributed by atoms with Gasteiger partial charge in [0, 0.05) is 29.3 Å². The van der Waals surface area contributed by atoms with Crippen molar-refractivity contribution in [1.29, 1.82) is 0 Å². The minimum atomic E-state index is -1.16. The normalized spacial score (nSPS) is 15.0. The monoisotopic (exact) mass is 460 g/mol. The standard InChI is InChI=1S/C20H12OS6/c21-27-19(17-7-5-15(25-17)13-3-1-9-23-13)11-22-12-20(27)18-8-6-16(26-18)14-4-2-10-24-14/h1-12H. The summed E-state index contributed by atoms with van der Waals surface area (Å²) in [6.07, 6.45) is 0. The van der Waals surface area contributed by atoms with Gasteiger partial charge in [0.15, 0.2) is 0 Å². The van der Waals surface area contributed by atoms with Crippen molar-refractivity contribution in [1.82, 2.24) is 0 Å². The van der Waals surface area contributed by atoms with Crippen LogP contribution in [0.3, 0.4) is 0 Å². The Morgan fingerprint density at radius 1 is 0.593 bits per heavy atom. The summed E-state index contributed by atoms with van der Waals surface area (Å²) < 4.78 is 13.3. The van der Waals surface area contributed by atoms with Gasteiger partial charge >= 0.3 is 0 Å². The van der Waals surface area contributed by atoms with Gasteiger partial charge in [-0.3, -0.25) is 0 Å². The molecule has 0 amide bonds. The first-order chi connectivity index (χ1) is 13.3. The molecule has 5 heterocycles. The lowest BCUT2D eigenvalue weighted by Gasteiger charge is -2.12. The lowest BCUT2D eigenvalue weighted by atomic mass is 10.3. The molecule has 1 aliphatic heterocycles. The summed E-state index contributed by atoms with van der Waals surface area (Å²) in [5.41, 5.74) is 0. The zero-order valence-corrected chi connectivity index (χ0v) is 18.7. The fourth-order valence-electron chi connectivity index (χ4n) is 2.71. The molecule has 27 heavy (non-hydrogen) atoms. The molecule has 0 radical (unpaired) electrons. The number of rotatable bonds is 4. The summed E-state index contributed by atoms with van der Waals surface area (Å²) in [5, 5.41) is 8.23. The molecule has 1 nitrogen and oxygen atoms in total. The Balaban J connectivity index is 1.43. The molecule has 0 atom stereocenters. The fraction of sp³-hybridized carbons (Fsp3) is 0. The van der Waals surface area contributed by atoms with Crippen LogP contribution in [0, 0.1) is 0 Å². The van der Waals surface area contributed by atoms with Crippen molar-refractivity contribution < 1.29 is 4.21 Å². The van der Waals surface area contributed by atoms with Crippen LogP contribution in [0.4, 0.5) is 0 Å². The van der Waals surface area contributed by atoms with E-state index in [2.05, 4.69) is 59.3 Å². The van der Waals surface area contributed by atoms with Crippen molar-refractivity contribution in [2.75, 3.05) is 0 Å². The zero-order chi connectivity index (χ0) is 18.2. The molecule has 4 aromatic heterocycles. The number of thiophene rings is 4. The van der Waals surface area contributed by atoms with E-state index in [1.165, 1.54) is 19.5 Å². The van der Waals surface area contributed by atoms with E-state index in [-0.39, 0.29) is 0 Å². The highest BCUT2D eigenvalue weighted by Gasteiger charge is 2.23. The second-order valence-corrected chi connectivity index (χ2v) is 11.9. The Hall–Kier alpha value is -1.22. The predicted molar refractivity (Wildman–Crippen MR) is 127 cm³/mol. The Labute approximate surface area is 180 Å². The van der Waals surface area contributed by atoms with Crippen molar-refractivity contribution in [3.63, 3.8) is 0 Å². The van der Waals surface area contributed by atoms with Crippen LogP contribution in [0.25, 0.3) is 29.3 Å². The van der Waals surface area contributed by atoms with Crippen LogP contribution in [0.5, 0.6) is 0 Å². The quantitative estimate of drug-likeness (QED) is 0.306. The van der Waals surface area contributed by atoms with Crippen LogP contribution >= 0.6 is 57.1 Å². The van der Waals surface area contributed by atoms with E-state index in [0.29, 0.717) is 0 Å². The molecule has 4 aromatic rings. The van der Waals surface area contributed by atoms with E-state index in [9.17, 15) is 4.21 Å². The summed E-state index contributed by atoms with van der Waals surface area (Å²) in [5.74, 6) is 0. The minimum Gasteiger partial charge on any atom is -0.249 e. The van der Waals surface area contributed by atoms with E-state index in [4.69, 9.17) is 0 Å². The molecule has 0 unspecified atom stereocenters. The third-order valence-corrected chi connectivity index (χ3v) is 11.1. The second kappa shape index (κ2) is 7.66. The van der Waals surface area contributed by atoms with E-state index in [1.54, 1.807) is 57.1 Å². The average molecular weight is 461 g/mol. The molecule has 1 aliphatic rings. The van der Waals surface area contributed by atoms with E-state index in [1.807, 2.05) is 10.8 Å². The van der Waals surface area contributed by atoms with Gasteiger partial charge in [-0.05, 0) is 58.0 Å². The summed E-state index contributed by atoms with van der Waals surface area (Å²) in [4.78, 5) is 8.99. The van der Waals surface area contributed by atoms with Gasteiger partial charge < -0.3 is 0 Å². The third kappa shape index (κ3) is 3.48. The smallest absolute Gasteiger partial charge is 0.0889 e. The van der Waals surface area contributed by atoms with Gasteiger partial charge in [-0.25, -0.2) is 4.21 Å². The molecular weight excluding hydrogens is 449 g/mol. The molecule has 134 valence electrons. The van der Waals surface area contributed by atoms with Crippen LogP contribution in [0.15, 0.2) is 70.1 Å². The molecule has 0 aliphatic carbocycles. The SMILES string of the molecule is O=S1C(c2ccc(-c3cccs3)s2)=CSC=C1c1ccc(-c2cccs2)s1. The molecule has 0 saturated carbocycles. The number of hydrogen-bond donors (Lipinski definition) is 0. The summed E-state index contributed by atoms with van der Waals surface area (Å²) in [6, 6.07) is 16.8. The first-order valence-electron chi connectivity index (χ1n) is 8.05. The Bertz CT molecular complexity index is 1060. The Kier molecular flexibility index (Phi) is 5.06. The van der Waals surface area contributed by atoms with Gasteiger partial charge in [0.25, 0.3) is 0 Å². The molecule has 0 bridgehead atoms. The molecule has 0 N–H and O–H groups in total. The molecular formula is C20H12OS6. The zero-order valence-electron chi connectivity index (χ0n) is 13.8. The van der Waals surface area contributed by atoms with E-state index < -0.39 is 10.8 Å². The molecule has 5 rings (SSSR count). The third-order valence-electron chi connectivity index (χ3n) is 3.98. The first-order valence-corrected chi connectivity index (χ1v) is 13.5. The van der Waals surface area contributed by atoms with Gasteiger partial charge in [-0.2, -0.15) is 0 Å².